The van der Waals surface area contributed by atoms with Crippen LogP contribution in [0.4, 0.5) is 15.3 Å². The average molecular weight is 305 g/mol. The van der Waals surface area contributed by atoms with Crippen LogP contribution in [0.2, 0.25) is 0 Å². The summed E-state index contributed by atoms with van der Waals surface area (Å²) in [5.74, 6) is 0. The molecule has 1 unspecified atom stereocenters. The minimum Gasteiger partial charge on any atom is -0.442 e. The van der Waals surface area contributed by atoms with E-state index < -0.39 is 0 Å². The number of rotatable bonds is 3. The summed E-state index contributed by atoms with van der Waals surface area (Å²) in [6, 6.07) is 9.21. The fourth-order valence-corrected chi connectivity index (χ4v) is 2.53. The Labute approximate surface area is 128 Å². The summed E-state index contributed by atoms with van der Waals surface area (Å²) in [6.45, 7) is 3.05. The van der Waals surface area contributed by atoms with E-state index in [4.69, 9.17) is 9.47 Å². The summed E-state index contributed by atoms with van der Waals surface area (Å²) in [7, 11) is 0. The van der Waals surface area contributed by atoms with Gasteiger partial charge in [-0.05, 0) is 12.1 Å². The van der Waals surface area contributed by atoms with Gasteiger partial charge in [0.15, 0.2) is 0 Å². The van der Waals surface area contributed by atoms with Crippen LogP contribution in [0.3, 0.4) is 0 Å². The Balaban J connectivity index is 1.50. The van der Waals surface area contributed by atoms with Crippen molar-refractivity contribution < 1.29 is 19.1 Å². The van der Waals surface area contributed by atoms with Crippen molar-refractivity contribution in [2.45, 2.75) is 6.10 Å². The van der Waals surface area contributed by atoms with Gasteiger partial charge in [-0.3, -0.25) is 4.90 Å². The zero-order valence-corrected chi connectivity index (χ0v) is 12.2. The molecule has 0 bridgehead atoms. The summed E-state index contributed by atoms with van der Waals surface area (Å²) in [6.07, 6.45) is -0.713. The molecule has 7 heteroatoms. The highest BCUT2D eigenvalue weighted by molar-refractivity contribution is 5.89. The molecule has 22 heavy (non-hydrogen) atoms. The zero-order chi connectivity index (χ0) is 15.4. The number of carbonyl (C=O) groups excluding carboxylic acids is 2. The Kier molecular flexibility index (Phi) is 4.43. The SMILES string of the molecule is O=C(NCC1CN(c2ccccc2)C(=O)O1)N1CCOCC1. The van der Waals surface area contributed by atoms with Crippen molar-refractivity contribution in [3.63, 3.8) is 0 Å². The minimum atomic E-state index is -0.378. The van der Waals surface area contributed by atoms with Crippen molar-refractivity contribution in [1.29, 1.82) is 0 Å². The van der Waals surface area contributed by atoms with Crippen LogP contribution < -0.4 is 10.2 Å². The summed E-state index contributed by atoms with van der Waals surface area (Å²) >= 11 is 0. The second kappa shape index (κ2) is 6.65. The van der Waals surface area contributed by atoms with Gasteiger partial charge in [-0.1, -0.05) is 18.2 Å². The summed E-state index contributed by atoms with van der Waals surface area (Å²) in [5.41, 5.74) is 0.800. The number of cyclic esters (lactones) is 1. The number of hydrogen-bond donors (Lipinski definition) is 1. The van der Waals surface area contributed by atoms with E-state index in [2.05, 4.69) is 5.32 Å². The van der Waals surface area contributed by atoms with Crippen LogP contribution in [0.15, 0.2) is 30.3 Å². The highest BCUT2D eigenvalue weighted by Gasteiger charge is 2.32. The van der Waals surface area contributed by atoms with E-state index in [1.807, 2.05) is 30.3 Å². The van der Waals surface area contributed by atoms with Crippen molar-refractivity contribution in [1.82, 2.24) is 10.2 Å². The summed E-state index contributed by atoms with van der Waals surface area (Å²) in [4.78, 5) is 27.2. The molecule has 2 aliphatic heterocycles. The van der Waals surface area contributed by atoms with Gasteiger partial charge in [0.05, 0.1) is 26.3 Å². The molecule has 0 spiro atoms. The van der Waals surface area contributed by atoms with Gasteiger partial charge in [0, 0.05) is 18.8 Å². The number of morpholine rings is 1. The Bertz CT molecular complexity index is 531. The first-order valence-electron chi connectivity index (χ1n) is 7.38. The topological polar surface area (TPSA) is 71.1 Å². The van der Waals surface area contributed by atoms with E-state index in [-0.39, 0.29) is 18.2 Å². The van der Waals surface area contributed by atoms with E-state index in [1.165, 1.54) is 0 Å². The third-order valence-electron chi connectivity index (χ3n) is 3.72. The van der Waals surface area contributed by atoms with E-state index in [0.29, 0.717) is 39.4 Å². The molecule has 2 aliphatic rings. The molecule has 0 saturated carbocycles. The number of nitrogens with zero attached hydrogens (tertiary/aromatic N) is 2. The predicted molar refractivity (Wildman–Crippen MR) is 79.8 cm³/mol. The maximum atomic E-state index is 12.0. The van der Waals surface area contributed by atoms with Gasteiger partial charge >= 0.3 is 12.1 Å². The van der Waals surface area contributed by atoms with Crippen LogP contribution in [0, 0.1) is 0 Å². The van der Waals surface area contributed by atoms with Crippen LogP contribution in [0.25, 0.3) is 0 Å². The Morgan fingerprint density at radius 1 is 1.23 bits per heavy atom. The lowest BCUT2D eigenvalue weighted by Gasteiger charge is -2.27. The molecule has 2 fully saturated rings. The first-order chi connectivity index (χ1) is 10.7. The highest BCUT2D eigenvalue weighted by Crippen LogP contribution is 2.20. The fraction of sp³-hybridized carbons (Fsp3) is 0.467. The van der Waals surface area contributed by atoms with Crippen molar-refractivity contribution in [2.75, 3.05) is 44.3 Å². The molecule has 0 aromatic heterocycles. The smallest absolute Gasteiger partial charge is 0.414 e. The average Bonchev–Trinajstić information content (AvgIpc) is 2.95. The minimum absolute atomic E-state index is 0.141. The molecule has 0 aliphatic carbocycles. The van der Waals surface area contributed by atoms with Gasteiger partial charge in [-0.15, -0.1) is 0 Å². The monoisotopic (exact) mass is 305 g/mol. The maximum absolute atomic E-state index is 12.0. The van der Waals surface area contributed by atoms with Crippen molar-refractivity contribution >= 4 is 17.8 Å². The predicted octanol–water partition coefficient (Wildman–Crippen LogP) is 1.05. The quantitative estimate of drug-likeness (QED) is 0.906. The number of ether oxygens (including phenoxy) is 2. The lowest BCUT2D eigenvalue weighted by molar-refractivity contribution is 0.0523. The molecule has 1 atom stereocenters. The normalized spacial score (nSPS) is 21.6. The first kappa shape index (κ1) is 14.6. The van der Waals surface area contributed by atoms with Gasteiger partial charge in [-0.2, -0.15) is 0 Å². The zero-order valence-electron chi connectivity index (χ0n) is 12.2. The number of hydrogen-bond acceptors (Lipinski definition) is 4. The first-order valence-corrected chi connectivity index (χ1v) is 7.38. The number of urea groups is 1. The molecule has 2 saturated heterocycles. The number of nitrogens with one attached hydrogen (secondary N) is 1. The Morgan fingerprint density at radius 3 is 2.68 bits per heavy atom. The molecular formula is C15H19N3O4. The highest BCUT2D eigenvalue weighted by atomic mass is 16.6. The Morgan fingerprint density at radius 2 is 1.95 bits per heavy atom. The van der Waals surface area contributed by atoms with Crippen LogP contribution in [-0.4, -0.2) is 62.5 Å². The number of anilines is 1. The Hall–Kier alpha value is -2.28. The standard InChI is InChI=1S/C15H19N3O4/c19-14(17-6-8-21-9-7-17)16-10-13-11-18(15(20)22-13)12-4-2-1-3-5-12/h1-5,13H,6-11H2,(H,16,19). The van der Waals surface area contributed by atoms with Crippen molar-refractivity contribution in [3.05, 3.63) is 30.3 Å². The molecular weight excluding hydrogens is 286 g/mol. The molecule has 1 aromatic rings. The van der Waals surface area contributed by atoms with Crippen LogP contribution in [0.1, 0.15) is 0 Å². The lowest BCUT2D eigenvalue weighted by Crippen LogP contribution is -2.48. The molecule has 7 nitrogen and oxygen atoms in total. The molecule has 0 radical (unpaired) electrons. The second-order valence-electron chi connectivity index (χ2n) is 5.24. The second-order valence-corrected chi connectivity index (χ2v) is 5.24. The van der Waals surface area contributed by atoms with Gasteiger partial charge in [-0.25, -0.2) is 9.59 Å². The molecule has 3 amide bonds. The molecule has 1 aromatic carbocycles. The van der Waals surface area contributed by atoms with Crippen LogP contribution >= 0.6 is 0 Å². The third-order valence-corrected chi connectivity index (χ3v) is 3.72. The van der Waals surface area contributed by atoms with Crippen molar-refractivity contribution in [3.8, 4) is 0 Å². The largest absolute Gasteiger partial charge is 0.442 e. The van der Waals surface area contributed by atoms with Crippen LogP contribution in [0.5, 0.6) is 0 Å². The van der Waals surface area contributed by atoms with E-state index in [9.17, 15) is 9.59 Å². The fourth-order valence-electron chi connectivity index (χ4n) is 2.53. The molecule has 118 valence electrons. The summed E-state index contributed by atoms with van der Waals surface area (Å²) in [5, 5.41) is 2.81. The molecule has 1 N–H and O–H groups in total. The molecule has 3 rings (SSSR count). The van der Waals surface area contributed by atoms with E-state index in [1.54, 1.807) is 9.80 Å². The van der Waals surface area contributed by atoms with Gasteiger partial charge < -0.3 is 19.7 Å². The van der Waals surface area contributed by atoms with Crippen molar-refractivity contribution in [2.24, 2.45) is 0 Å². The number of carbonyl (C=O) groups is 2. The van der Waals surface area contributed by atoms with Crippen LogP contribution in [-0.2, 0) is 9.47 Å². The van der Waals surface area contributed by atoms with Gasteiger partial charge in [0.25, 0.3) is 0 Å². The third kappa shape index (κ3) is 3.30. The van der Waals surface area contributed by atoms with E-state index >= 15 is 0 Å². The lowest BCUT2D eigenvalue weighted by atomic mass is 10.3. The summed E-state index contributed by atoms with van der Waals surface area (Å²) < 4.78 is 10.5. The van der Waals surface area contributed by atoms with Gasteiger partial charge in [0.2, 0.25) is 0 Å². The number of amides is 3. The maximum Gasteiger partial charge on any atom is 0.414 e. The van der Waals surface area contributed by atoms with Gasteiger partial charge in [0.1, 0.15) is 6.10 Å². The number of benzene rings is 1. The van der Waals surface area contributed by atoms with E-state index in [0.717, 1.165) is 5.69 Å². The number of para-hydroxylation sites is 1. The molecule has 2 heterocycles.